The molecule has 1 N–H and O–H groups in total. The Balaban J connectivity index is 1.39. The van der Waals surface area contributed by atoms with E-state index in [1.165, 1.54) is 0 Å². The lowest BCUT2D eigenvalue weighted by molar-refractivity contribution is -0.130. The van der Waals surface area contributed by atoms with E-state index in [4.69, 9.17) is 21.1 Å². The van der Waals surface area contributed by atoms with Crippen molar-refractivity contribution >= 4 is 23.4 Å². The van der Waals surface area contributed by atoms with Crippen molar-refractivity contribution in [2.24, 2.45) is 0 Å². The zero-order chi connectivity index (χ0) is 19.2. The summed E-state index contributed by atoms with van der Waals surface area (Å²) in [6.07, 6.45) is 0.936. The molecule has 27 heavy (non-hydrogen) atoms. The smallest absolute Gasteiger partial charge is 0.251 e. The molecule has 7 heteroatoms. The fraction of sp³-hybridized carbons (Fsp3) is 0.300. The molecule has 142 valence electrons. The number of fused-ring (bicyclic) bond motifs is 1. The minimum absolute atomic E-state index is 0.0217. The van der Waals surface area contributed by atoms with Gasteiger partial charge >= 0.3 is 0 Å². The van der Waals surface area contributed by atoms with Gasteiger partial charge in [0, 0.05) is 37.1 Å². The van der Waals surface area contributed by atoms with E-state index in [2.05, 4.69) is 5.32 Å². The Morgan fingerprint density at radius 1 is 1.11 bits per heavy atom. The molecule has 0 saturated heterocycles. The average Bonchev–Trinajstić information content (AvgIpc) is 3.13. The minimum Gasteiger partial charge on any atom is -0.454 e. The lowest BCUT2D eigenvalue weighted by Crippen LogP contribution is -2.28. The Hall–Kier alpha value is -2.73. The number of carbonyl (C=O) groups is 2. The molecule has 0 aliphatic carbocycles. The molecule has 0 fully saturated rings. The van der Waals surface area contributed by atoms with Crippen LogP contribution in [0.3, 0.4) is 0 Å². The number of rotatable bonds is 7. The topological polar surface area (TPSA) is 67.9 Å². The van der Waals surface area contributed by atoms with E-state index in [9.17, 15) is 9.59 Å². The molecule has 2 aromatic rings. The van der Waals surface area contributed by atoms with Crippen molar-refractivity contribution in [3.05, 3.63) is 58.6 Å². The third kappa shape index (κ3) is 5.14. The molecule has 0 bridgehead atoms. The van der Waals surface area contributed by atoms with E-state index >= 15 is 0 Å². The van der Waals surface area contributed by atoms with E-state index in [1.807, 2.05) is 18.2 Å². The summed E-state index contributed by atoms with van der Waals surface area (Å²) in [6, 6.07) is 12.3. The summed E-state index contributed by atoms with van der Waals surface area (Å²) in [4.78, 5) is 25.9. The zero-order valence-electron chi connectivity index (χ0n) is 15.0. The van der Waals surface area contributed by atoms with E-state index in [0.29, 0.717) is 42.3 Å². The van der Waals surface area contributed by atoms with Crippen LogP contribution in [0.25, 0.3) is 0 Å². The maximum atomic E-state index is 12.3. The molecule has 6 nitrogen and oxygen atoms in total. The van der Waals surface area contributed by atoms with E-state index < -0.39 is 0 Å². The molecule has 1 aliphatic heterocycles. The van der Waals surface area contributed by atoms with Crippen molar-refractivity contribution in [3.8, 4) is 11.5 Å². The summed E-state index contributed by atoms with van der Waals surface area (Å²) in [5, 5.41) is 3.39. The van der Waals surface area contributed by atoms with Gasteiger partial charge < -0.3 is 19.7 Å². The SMILES string of the molecule is CN(Cc1ccc2c(c1)OCO2)C(=O)CCCNC(=O)c1ccc(Cl)cc1. The molecule has 0 atom stereocenters. The largest absolute Gasteiger partial charge is 0.454 e. The van der Waals surface area contributed by atoms with Crippen molar-refractivity contribution < 1.29 is 19.1 Å². The van der Waals surface area contributed by atoms with Gasteiger partial charge in [0.2, 0.25) is 12.7 Å². The van der Waals surface area contributed by atoms with Crippen LogP contribution in [0.4, 0.5) is 0 Å². The van der Waals surface area contributed by atoms with Crippen LogP contribution >= 0.6 is 11.6 Å². The minimum atomic E-state index is -0.173. The van der Waals surface area contributed by atoms with Crippen molar-refractivity contribution in [3.63, 3.8) is 0 Å². The molecule has 3 rings (SSSR count). The van der Waals surface area contributed by atoms with Crippen LogP contribution in [0.1, 0.15) is 28.8 Å². The van der Waals surface area contributed by atoms with Gasteiger partial charge in [-0.1, -0.05) is 17.7 Å². The van der Waals surface area contributed by atoms with Crippen LogP contribution in [0.2, 0.25) is 5.02 Å². The molecule has 0 radical (unpaired) electrons. The molecule has 0 spiro atoms. The monoisotopic (exact) mass is 388 g/mol. The number of hydrogen-bond acceptors (Lipinski definition) is 4. The van der Waals surface area contributed by atoms with Gasteiger partial charge in [-0.05, 0) is 48.4 Å². The van der Waals surface area contributed by atoms with Crippen molar-refractivity contribution in [2.75, 3.05) is 20.4 Å². The third-order valence-electron chi connectivity index (χ3n) is 4.24. The number of ether oxygens (including phenoxy) is 2. The number of nitrogens with one attached hydrogen (secondary N) is 1. The van der Waals surface area contributed by atoms with Crippen LogP contribution in [-0.2, 0) is 11.3 Å². The summed E-state index contributed by atoms with van der Waals surface area (Å²) in [7, 11) is 1.76. The van der Waals surface area contributed by atoms with Crippen LogP contribution < -0.4 is 14.8 Å². The van der Waals surface area contributed by atoms with E-state index in [0.717, 1.165) is 11.3 Å². The molecule has 2 amide bonds. The second kappa shape index (κ2) is 8.77. The van der Waals surface area contributed by atoms with Crippen molar-refractivity contribution in [2.45, 2.75) is 19.4 Å². The number of amides is 2. The molecule has 0 saturated carbocycles. The summed E-state index contributed by atoms with van der Waals surface area (Å²) < 4.78 is 10.6. The molecular formula is C20H21ClN2O4. The van der Waals surface area contributed by atoms with E-state index in [1.54, 1.807) is 36.2 Å². The van der Waals surface area contributed by atoms with Gasteiger partial charge in [-0.25, -0.2) is 0 Å². The van der Waals surface area contributed by atoms with Crippen LogP contribution in [0.5, 0.6) is 11.5 Å². The Labute approximate surface area is 163 Å². The molecule has 0 unspecified atom stereocenters. The normalized spacial score (nSPS) is 11.9. The van der Waals surface area contributed by atoms with Gasteiger partial charge in [-0.15, -0.1) is 0 Å². The lowest BCUT2D eigenvalue weighted by Gasteiger charge is -2.17. The summed E-state index contributed by atoms with van der Waals surface area (Å²) >= 11 is 5.81. The van der Waals surface area contributed by atoms with Gasteiger partial charge in [-0.3, -0.25) is 9.59 Å². The predicted octanol–water partition coefficient (Wildman–Crippen LogP) is 3.24. The number of hydrogen-bond donors (Lipinski definition) is 1. The fourth-order valence-electron chi connectivity index (χ4n) is 2.74. The molecule has 0 aromatic heterocycles. The highest BCUT2D eigenvalue weighted by molar-refractivity contribution is 6.30. The third-order valence-corrected chi connectivity index (χ3v) is 4.49. The number of benzene rings is 2. The fourth-order valence-corrected chi connectivity index (χ4v) is 2.86. The second-order valence-corrected chi connectivity index (χ2v) is 6.74. The lowest BCUT2D eigenvalue weighted by atomic mass is 10.2. The van der Waals surface area contributed by atoms with E-state index in [-0.39, 0.29) is 18.6 Å². The molecule has 2 aromatic carbocycles. The first-order valence-corrected chi connectivity index (χ1v) is 9.07. The Bertz CT molecular complexity index is 823. The highest BCUT2D eigenvalue weighted by Gasteiger charge is 2.15. The summed E-state index contributed by atoms with van der Waals surface area (Å²) in [5.41, 5.74) is 1.52. The average molecular weight is 389 g/mol. The van der Waals surface area contributed by atoms with Crippen LogP contribution in [0.15, 0.2) is 42.5 Å². The van der Waals surface area contributed by atoms with Crippen LogP contribution in [0, 0.1) is 0 Å². The molecule has 1 aliphatic rings. The standard InChI is InChI=1S/C20H21ClN2O4/c1-23(12-14-4-9-17-18(11-14)27-13-26-17)19(24)3-2-10-22-20(25)15-5-7-16(21)8-6-15/h4-9,11H,2-3,10,12-13H2,1H3,(H,22,25). The highest BCUT2D eigenvalue weighted by Crippen LogP contribution is 2.32. The van der Waals surface area contributed by atoms with Gasteiger partial charge in [0.1, 0.15) is 0 Å². The second-order valence-electron chi connectivity index (χ2n) is 6.30. The quantitative estimate of drug-likeness (QED) is 0.739. The molecule has 1 heterocycles. The Morgan fingerprint density at radius 2 is 1.85 bits per heavy atom. The maximum Gasteiger partial charge on any atom is 0.251 e. The first-order valence-electron chi connectivity index (χ1n) is 8.69. The zero-order valence-corrected chi connectivity index (χ0v) is 15.8. The van der Waals surface area contributed by atoms with Gasteiger partial charge in [-0.2, -0.15) is 0 Å². The first kappa shape index (κ1) is 19.0. The predicted molar refractivity (Wildman–Crippen MR) is 102 cm³/mol. The summed E-state index contributed by atoms with van der Waals surface area (Å²) in [6.45, 7) is 1.16. The molecular weight excluding hydrogens is 368 g/mol. The first-order chi connectivity index (χ1) is 13.0. The van der Waals surface area contributed by atoms with Crippen LogP contribution in [-0.4, -0.2) is 37.1 Å². The Morgan fingerprint density at radius 3 is 2.63 bits per heavy atom. The highest BCUT2D eigenvalue weighted by atomic mass is 35.5. The van der Waals surface area contributed by atoms with Crippen molar-refractivity contribution in [1.29, 1.82) is 0 Å². The van der Waals surface area contributed by atoms with Gasteiger partial charge in [0.15, 0.2) is 11.5 Å². The van der Waals surface area contributed by atoms with Gasteiger partial charge in [0.25, 0.3) is 5.91 Å². The summed E-state index contributed by atoms with van der Waals surface area (Å²) in [5.74, 6) is 1.28. The number of nitrogens with zero attached hydrogens (tertiary/aromatic N) is 1. The van der Waals surface area contributed by atoms with Crippen molar-refractivity contribution in [1.82, 2.24) is 10.2 Å². The Kier molecular flexibility index (Phi) is 6.19. The van der Waals surface area contributed by atoms with Gasteiger partial charge in [0.05, 0.1) is 0 Å². The number of halogens is 1. The maximum absolute atomic E-state index is 12.3. The number of carbonyl (C=O) groups excluding carboxylic acids is 2.